The summed E-state index contributed by atoms with van der Waals surface area (Å²) in [5.74, 6) is 0. The molecule has 2 aliphatic rings. The third-order valence-electron chi connectivity index (χ3n) is 5.75. The lowest BCUT2D eigenvalue weighted by Crippen LogP contribution is -2.36. The Bertz CT molecular complexity index is 480. The standard InChI is InChI=1S/C19H29NO/c1-3-10-19(11-6-12-19)18(21)16-8-4-9-17(14-16)20-13-5-7-15(20)2/h4,8-9,14-15,18,21H,3,5-7,10-13H2,1-2H3. The van der Waals surface area contributed by atoms with E-state index in [-0.39, 0.29) is 11.5 Å². The molecule has 1 aromatic carbocycles. The van der Waals surface area contributed by atoms with Gasteiger partial charge in [0.1, 0.15) is 0 Å². The first-order chi connectivity index (χ1) is 10.2. The summed E-state index contributed by atoms with van der Waals surface area (Å²) in [4.78, 5) is 2.49. The van der Waals surface area contributed by atoms with Gasteiger partial charge in [0.05, 0.1) is 6.10 Å². The lowest BCUT2D eigenvalue weighted by atomic mass is 9.61. The molecule has 0 amide bonds. The molecule has 116 valence electrons. The number of nitrogens with zero attached hydrogens (tertiary/aromatic N) is 1. The summed E-state index contributed by atoms with van der Waals surface area (Å²) in [5, 5.41) is 10.9. The highest BCUT2D eigenvalue weighted by Crippen LogP contribution is 2.53. The van der Waals surface area contributed by atoms with Crippen LogP contribution in [0.5, 0.6) is 0 Å². The molecule has 2 nitrogen and oxygen atoms in total. The molecular weight excluding hydrogens is 258 g/mol. The van der Waals surface area contributed by atoms with Gasteiger partial charge >= 0.3 is 0 Å². The normalized spacial score (nSPS) is 25.7. The highest BCUT2D eigenvalue weighted by atomic mass is 16.3. The second kappa shape index (κ2) is 6.00. The maximum Gasteiger partial charge on any atom is 0.0846 e. The third kappa shape index (κ3) is 2.70. The monoisotopic (exact) mass is 287 g/mol. The van der Waals surface area contributed by atoms with Crippen molar-refractivity contribution in [1.82, 2.24) is 0 Å². The summed E-state index contributed by atoms with van der Waals surface area (Å²) < 4.78 is 0. The lowest BCUT2D eigenvalue weighted by Gasteiger charge is -2.46. The summed E-state index contributed by atoms with van der Waals surface area (Å²) in [6.45, 7) is 5.69. The fourth-order valence-electron chi connectivity index (χ4n) is 4.33. The molecular formula is C19H29NO. The van der Waals surface area contributed by atoms with E-state index >= 15 is 0 Å². The number of anilines is 1. The molecule has 3 rings (SSSR count). The molecule has 1 saturated carbocycles. The van der Waals surface area contributed by atoms with Gasteiger partial charge in [0.15, 0.2) is 0 Å². The fraction of sp³-hybridized carbons (Fsp3) is 0.684. The predicted molar refractivity (Wildman–Crippen MR) is 88.6 cm³/mol. The van der Waals surface area contributed by atoms with Crippen LogP contribution in [0.4, 0.5) is 5.69 Å². The van der Waals surface area contributed by atoms with Crippen LogP contribution in [0.2, 0.25) is 0 Å². The first kappa shape index (κ1) is 14.9. The SMILES string of the molecule is CCCC1(C(O)c2cccc(N3CCCC3C)c2)CCC1. The quantitative estimate of drug-likeness (QED) is 0.850. The summed E-state index contributed by atoms with van der Waals surface area (Å²) in [7, 11) is 0. The molecule has 1 aliphatic carbocycles. The zero-order valence-corrected chi connectivity index (χ0v) is 13.5. The molecule has 0 aromatic heterocycles. The van der Waals surface area contributed by atoms with Crippen LogP contribution in [0.1, 0.15) is 70.5 Å². The zero-order chi connectivity index (χ0) is 14.9. The van der Waals surface area contributed by atoms with E-state index in [4.69, 9.17) is 0 Å². The van der Waals surface area contributed by atoms with Gasteiger partial charge in [0.25, 0.3) is 0 Å². The molecule has 2 unspecified atom stereocenters. The summed E-state index contributed by atoms with van der Waals surface area (Å²) in [5.41, 5.74) is 2.58. The van der Waals surface area contributed by atoms with Crippen molar-refractivity contribution >= 4 is 5.69 Å². The average molecular weight is 287 g/mol. The van der Waals surface area contributed by atoms with Crippen molar-refractivity contribution in [1.29, 1.82) is 0 Å². The Hall–Kier alpha value is -1.02. The smallest absolute Gasteiger partial charge is 0.0846 e. The average Bonchev–Trinajstić information content (AvgIpc) is 2.88. The first-order valence-electron chi connectivity index (χ1n) is 8.71. The van der Waals surface area contributed by atoms with E-state index in [1.807, 2.05) is 0 Å². The van der Waals surface area contributed by atoms with E-state index in [0.717, 1.165) is 18.5 Å². The van der Waals surface area contributed by atoms with Crippen LogP contribution in [0.25, 0.3) is 0 Å². The Kier molecular flexibility index (Phi) is 4.26. The van der Waals surface area contributed by atoms with Crippen LogP contribution in [0.3, 0.4) is 0 Å². The number of hydrogen-bond acceptors (Lipinski definition) is 2. The molecule has 2 heteroatoms. The van der Waals surface area contributed by atoms with Gasteiger partial charge in [-0.3, -0.25) is 0 Å². The minimum Gasteiger partial charge on any atom is -0.388 e. The van der Waals surface area contributed by atoms with E-state index < -0.39 is 0 Å². The summed E-state index contributed by atoms with van der Waals surface area (Å²) >= 11 is 0. The number of rotatable bonds is 5. The van der Waals surface area contributed by atoms with Gasteiger partial charge in [-0.05, 0) is 56.7 Å². The number of hydrogen-bond donors (Lipinski definition) is 1. The highest BCUT2D eigenvalue weighted by Gasteiger charge is 2.43. The Morgan fingerprint density at radius 1 is 1.33 bits per heavy atom. The Labute approximate surface area is 129 Å². The fourth-order valence-corrected chi connectivity index (χ4v) is 4.33. The Morgan fingerprint density at radius 3 is 2.71 bits per heavy atom. The van der Waals surface area contributed by atoms with Crippen LogP contribution < -0.4 is 4.90 Å². The van der Waals surface area contributed by atoms with E-state index in [0.29, 0.717) is 6.04 Å². The van der Waals surface area contributed by atoms with Crippen LogP contribution in [-0.4, -0.2) is 17.7 Å². The molecule has 1 N–H and O–H groups in total. The van der Waals surface area contributed by atoms with Crippen LogP contribution in [-0.2, 0) is 0 Å². The van der Waals surface area contributed by atoms with Crippen molar-refractivity contribution in [3.8, 4) is 0 Å². The van der Waals surface area contributed by atoms with Gasteiger partial charge in [-0.15, -0.1) is 0 Å². The zero-order valence-electron chi connectivity index (χ0n) is 13.5. The Morgan fingerprint density at radius 2 is 2.14 bits per heavy atom. The van der Waals surface area contributed by atoms with Gasteiger partial charge in [0, 0.05) is 23.7 Å². The molecule has 21 heavy (non-hydrogen) atoms. The molecule has 2 atom stereocenters. The topological polar surface area (TPSA) is 23.5 Å². The predicted octanol–water partition coefficient (Wildman–Crippen LogP) is 4.68. The molecule has 0 radical (unpaired) electrons. The van der Waals surface area contributed by atoms with Crippen molar-refractivity contribution in [3.63, 3.8) is 0 Å². The van der Waals surface area contributed by atoms with Gasteiger partial charge in [-0.1, -0.05) is 31.9 Å². The second-order valence-electron chi connectivity index (χ2n) is 7.15. The molecule has 1 heterocycles. The first-order valence-corrected chi connectivity index (χ1v) is 8.71. The van der Waals surface area contributed by atoms with E-state index in [1.165, 1.54) is 44.2 Å². The van der Waals surface area contributed by atoms with E-state index in [2.05, 4.69) is 43.0 Å². The lowest BCUT2D eigenvalue weighted by molar-refractivity contribution is -0.0440. The molecule has 2 fully saturated rings. The Balaban J connectivity index is 1.82. The molecule has 1 aliphatic heterocycles. The molecule has 0 spiro atoms. The molecule has 1 aromatic rings. The van der Waals surface area contributed by atoms with Crippen molar-refractivity contribution in [2.45, 2.75) is 70.9 Å². The van der Waals surface area contributed by atoms with Gasteiger partial charge in [-0.25, -0.2) is 0 Å². The van der Waals surface area contributed by atoms with Gasteiger partial charge in [-0.2, -0.15) is 0 Å². The van der Waals surface area contributed by atoms with Crippen molar-refractivity contribution in [3.05, 3.63) is 29.8 Å². The third-order valence-corrected chi connectivity index (χ3v) is 5.75. The minimum absolute atomic E-state index is 0.157. The van der Waals surface area contributed by atoms with Gasteiger partial charge in [0.2, 0.25) is 0 Å². The van der Waals surface area contributed by atoms with Crippen molar-refractivity contribution in [2.75, 3.05) is 11.4 Å². The number of benzene rings is 1. The molecule has 0 bridgehead atoms. The van der Waals surface area contributed by atoms with Crippen molar-refractivity contribution in [2.24, 2.45) is 5.41 Å². The van der Waals surface area contributed by atoms with Crippen LogP contribution in [0.15, 0.2) is 24.3 Å². The highest BCUT2D eigenvalue weighted by molar-refractivity contribution is 5.51. The largest absolute Gasteiger partial charge is 0.388 e. The number of aliphatic hydroxyl groups is 1. The second-order valence-corrected chi connectivity index (χ2v) is 7.15. The maximum atomic E-state index is 10.9. The summed E-state index contributed by atoms with van der Waals surface area (Å²) in [6, 6.07) is 9.31. The minimum atomic E-state index is -0.288. The maximum absolute atomic E-state index is 10.9. The van der Waals surface area contributed by atoms with Crippen molar-refractivity contribution < 1.29 is 5.11 Å². The van der Waals surface area contributed by atoms with Crippen LogP contribution >= 0.6 is 0 Å². The molecule has 1 saturated heterocycles. The summed E-state index contributed by atoms with van der Waals surface area (Å²) in [6.07, 6.45) is 8.25. The van der Waals surface area contributed by atoms with Crippen LogP contribution in [0, 0.1) is 5.41 Å². The van der Waals surface area contributed by atoms with E-state index in [1.54, 1.807) is 0 Å². The number of aliphatic hydroxyl groups excluding tert-OH is 1. The van der Waals surface area contributed by atoms with Gasteiger partial charge < -0.3 is 10.0 Å². The van der Waals surface area contributed by atoms with E-state index in [9.17, 15) is 5.11 Å².